The molecular weight excluding hydrogens is 252 g/mol. The van der Waals surface area contributed by atoms with Gasteiger partial charge in [0.05, 0.1) is 11.9 Å². The van der Waals surface area contributed by atoms with Crippen LogP contribution in [0.5, 0.6) is 0 Å². The third-order valence-corrected chi connectivity index (χ3v) is 2.63. The Balaban J connectivity index is 1.92. The van der Waals surface area contributed by atoms with E-state index in [0.29, 0.717) is 17.3 Å². The SMILES string of the molecule is CC(Cn1ccnc1)NC(=O)c1ccc(Cl)nc1. The summed E-state index contributed by atoms with van der Waals surface area (Å²) in [5.74, 6) is -0.160. The molecule has 0 spiro atoms. The van der Waals surface area contributed by atoms with Crippen molar-refractivity contribution in [3.63, 3.8) is 0 Å². The Hall–Kier alpha value is -1.88. The molecular formula is C12H13ClN4O. The zero-order valence-electron chi connectivity index (χ0n) is 9.88. The molecule has 2 heterocycles. The first-order valence-corrected chi connectivity index (χ1v) is 5.91. The molecule has 0 aliphatic rings. The van der Waals surface area contributed by atoms with E-state index >= 15 is 0 Å². The Morgan fingerprint density at radius 3 is 3.00 bits per heavy atom. The highest BCUT2D eigenvalue weighted by Crippen LogP contribution is 2.05. The lowest BCUT2D eigenvalue weighted by molar-refractivity contribution is 0.0936. The first-order chi connectivity index (χ1) is 8.65. The van der Waals surface area contributed by atoms with Crippen LogP contribution in [-0.2, 0) is 6.54 Å². The van der Waals surface area contributed by atoms with Gasteiger partial charge in [0, 0.05) is 31.2 Å². The number of hydrogen-bond donors (Lipinski definition) is 1. The van der Waals surface area contributed by atoms with Crippen LogP contribution in [-0.4, -0.2) is 26.5 Å². The molecule has 2 aromatic rings. The second kappa shape index (κ2) is 5.64. The van der Waals surface area contributed by atoms with Crippen LogP contribution in [0.25, 0.3) is 0 Å². The molecule has 1 amide bonds. The van der Waals surface area contributed by atoms with Gasteiger partial charge in [-0.05, 0) is 19.1 Å². The van der Waals surface area contributed by atoms with Gasteiger partial charge in [-0.1, -0.05) is 11.6 Å². The minimum Gasteiger partial charge on any atom is -0.348 e. The van der Waals surface area contributed by atoms with Gasteiger partial charge in [0.2, 0.25) is 0 Å². The van der Waals surface area contributed by atoms with E-state index in [9.17, 15) is 4.79 Å². The first kappa shape index (κ1) is 12.6. The van der Waals surface area contributed by atoms with Crippen LogP contribution < -0.4 is 5.32 Å². The maximum atomic E-state index is 11.9. The number of amides is 1. The fourth-order valence-electron chi connectivity index (χ4n) is 1.57. The number of nitrogens with zero attached hydrogens (tertiary/aromatic N) is 3. The van der Waals surface area contributed by atoms with Crippen molar-refractivity contribution in [2.75, 3.05) is 0 Å². The van der Waals surface area contributed by atoms with Crippen LogP contribution in [0.1, 0.15) is 17.3 Å². The summed E-state index contributed by atoms with van der Waals surface area (Å²) in [6.07, 6.45) is 6.73. The number of hydrogen-bond acceptors (Lipinski definition) is 3. The third-order valence-electron chi connectivity index (χ3n) is 2.41. The van der Waals surface area contributed by atoms with Gasteiger partial charge in [0.25, 0.3) is 5.91 Å². The van der Waals surface area contributed by atoms with Crippen molar-refractivity contribution < 1.29 is 4.79 Å². The maximum Gasteiger partial charge on any atom is 0.253 e. The largest absolute Gasteiger partial charge is 0.348 e. The van der Waals surface area contributed by atoms with Gasteiger partial charge in [0.15, 0.2) is 0 Å². The lowest BCUT2D eigenvalue weighted by atomic mass is 10.2. The molecule has 1 N–H and O–H groups in total. The molecule has 2 rings (SSSR count). The van der Waals surface area contributed by atoms with Gasteiger partial charge in [-0.2, -0.15) is 0 Å². The fraction of sp³-hybridized carbons (Fsp3) is 0.250. The Morgan fingerprint density at radius 2 is 2.39 bits per heavy atom. The number of halogens is 1. The minimum absolute atomic E-state index is 0.00220. The summed E-state index contributed by atoms with van der Waals surface area (Å²) in [5, 5.41) is 3.26. The highest BCUT2D eigenvalue weighted by molar-refractivity contribution is 6.29. The molecule has 0 aliphatic carbocycles. The van der Waals surface area contributed by atoms with E-state index in [2.05, 4.69) is 15.3 Å². The average molecular weight is 265 g/mol. The van der Waals surface area contributed by atoms with E-state index < -0.39 is 0 Å². The molecule has 0 bridgehead atoms. The minimum atomic E-state index is -0.160. The summed E-state index contributed by atoms with van der Waals surface area (Å²) in [6.45, 7) is 2.61. The van der Waals surface area contributed by atoms with Gasteiger partial charge >= 0.3 is 0 Å². The highest BCUT2D eigenvalue weighted by atomic mass is 35.5. The molecule has 1 unspecified atom stereocenters. The number of nitrogens with one attached hydrogen (secondary N) is 1. The van der Waals surface area contributed by atoms with Gasteiger partial charge in [-0.15, -0.1) is 0 Å². The molecule has 0 fully saturated rings. The highest BCUT2D eigenvalue weighted by Gasteiger charge is 2.10. The zero-order chi connectivity index (χ0) is 13.0. The Labute approximate surface area is 110 Å². The fourth-order valence-corrected chi connectivity index (χ4v) is 1.69. The summed E-state index contributed by atoms with van der Waals surface area (Å²) in [6, 6.07) is 3.24. The summed E-state index contributed by atoms with van der Waals surface area (Å²) in [4.78, 5) is 19.7. The van der Waals surface area contributed by atoms with Gasteiger partial charge in [-0.3, -0.25) is 4.79 Å². The molecule has 6 heteroatoms. The average Bonchev–Trinajstić information content (AvgIpc) is 2.82. The van der Waals surface area contributed by atoms with Crippen molar-refractivity contribution in [2.24, 2.45) is 0 Å². The predicted molar refractivity (Wildman–Crippen MR) is 68.4 cm³/mol. The van der Waals surface area contributed by atoms with E-state index in [1.54, 1.807) is 24.7 Å². The molecule has 5 nitrogen and oxygen atoms in total. The van der Waals surface area contributed by atoms with Crippen LogP contribution in [0.4, 0.5) is 0 Å². The summed E-state index contributed by atoms with van der Waals surface area (Å²) < 4.78 is 1.91. The number of carbonyl (C=O) groups is 1. The number of aromatic nitrogens is 3. The van der Waals surface area contributed by atoms with Crippen molar-refractivity contribution >= 4 is 17.5 Å². The number of pyridine rings is 1. The summed E-state index contributed by atoms with van der Waals surface area (Å²) in [5.41, 5.74) is 0.497. The molecule has 2 aromatic heterocycles. The number of imidazole rings is 1. The van der Waals surface area contributed by atoms with Crippen molar-refractivity contribution in [1.29, 1.82) is 0 Å². The van der Waals surface area contributed by atoms with Crippen LogP contribution in [0, 0.1) is 0 Å². The van der Waals surface area contributed by atoms with Gasteiger partial charge < -0.3 is 9.88 Å². The van der Waals surface area contributed by atoms with E-state index in [1.807, 2.05) is 17.7 Å². The van der Waals surface area contributed by atoms with E-state index in [-0.39, 0.29) is 11.9 Å². The molecule has 0 aromatic carbocycles. The van der Waals surface area contributed by atoms with Gasteiger partial charge in [0.1, 0.15) is 5.15 Å². The summed E-state index contributed by atoms with van der Waals surface area (Å²) in [7, 11) is 0. The second-order valence-corrected chi connectivity index (χ2v) is 4.39. The molecule has 0 aliphatic heterocycles. The van der Waals surface area contributed by atoms with Crippen molar-refractivity contribution in [2.45, 2.75) is 19.5 Å². The quantitative estimate of drug-likeness (QED) is 0.856. The van der Waals surface area contributed by atoms with E-state index in [4.69, 9.17) is 11.6 Å². The lowest BCUT2D eigenvalue weighted by Gasteiger charge is -2.14. The van der Waals surface area contributed by atoms with E-state index in [1.165, 1.54) is 6.20 Å². The monoisotopic (exact) mass is 264 g/mol. The Morgan fingerprint density at radius 1 is 1.56 bits per heavy atom. The van der Waals surface area contributed by atoms with Crippen molar-refractivity contribution in [1.82, 2.24) is 19.9 Å². The van der Waals surface area contributed by atoms with Crippen LogP contribution in [0.15, 0.2) is 37.1 Å². The summed E-state index contributed by atoms with van der Waals surface area (Å²) >= 11 is 5.66. The van der Waals surface area contributed by atoms with Gasteiger partial charge in [-0.25, -0.2) is 9.97 Å². The molecule has 94 valence electrons. The first-order valence-electron chi connectivity index (χ1n) is 5.53. The molecule has 0 radical (unpaired) electrons. The predicted octanol–water partition coefficient (Wildman–Crippen LogP) is 1.75. The van der Waals surface area contributed by atoms with Crippen molar-refractivity contribution in [3.05, 3.63) is 47.8 Å². The van der Waals surface area contributed by atoms with Crippen LogP contribution in [0.2, 0.25) is 5.15 Å². The lowest BCUT2D eigenvalue weighted by Crippen LogP contribution is -2.35. The number of carbonyl (C=O) groups excluding carboxylic acids is 1. The second-order valence-electron chi connectivity index (χ2n) is 4.00. The van der Waals surface area contributed by atoms with Crippen LogP contribution >= 0.6 is 11.6 Å². The molecule has 18 heavy (non-hydrogen) atoms. The topological polar surface area (TPSA) is 59.8 Å². The Kier molecular flexibility index (Phi) is 3.94. The Bertz CT molecular complexity index is 509. The van der Waals surface area contributed by atoms with Crippen LogP contribution in [0.3, 0.4) is 0 Å². The van der Waals surface area contributed by atoms with E-state index in [0.717, 1.165) is 0 Å². The zero-order valence-corrected chi connectivity index (χ0v) is 10.6. The molecule has 0 saturated heterocycles. The molecule has 1 atom stereocenters. The third kappa shape index (κ3) is 3.30. The maximum absolute atomic E-state index is 11.9. The normalized spacial score (nSPS) is 12.1. The molecule has 0 saturated carbocycles. The number of rotatable bonds is 4. The standard InChI is InChI=1S/C12H13ClN4O/c1-9(7-17-5-4-14-8-17)16-12(18)10-2-3-11(13)15-6-10/h2-6,8-9H,7H2,1H3,(H,16,18). The smallest absolute Gasteiger partial charge is 0.253 e. The van der Waals surface area contributed by atoms with Crippen molar-refractivity contribution in [3.8, 4) is 0 Å².